The van der Waals surface area contributed by atoms with Crippen molar-refractivity contribution in [3.05, 3.63) is 60.2 Å². The number of pyridine rings is 1. The van der Waals surface area contributed by atoms with Crippen LogP contribution in [0.15, 0.2) is 53.6 Å². The quantitative estimate of drug-likeness (QED) is 0.614. The molecular weight excluding hydrogens is 337 g/mol. The van der Waals surface area contributed by atoms with E-state index in [4.69, 9.17) is 0 Å². The molecule has 0 saturated heterocycles. The van der Waals surface area contributed by atoms with Crippen LogP contribution >= 0.6 is 0 Å². The number of hydrogen-bond donors (Lipinski definition) is 2. The molecule has 0 aliphatic carbocycles. The molecule has 1 heterocycles. The number of sulfone groups is 1. The number of halogens is 1. The first-order valence-electron chi connectivity index (χ1n) is 6.87. The van der Waals surface area contributed by atoms with Crippen LogP contribution in [-0.4, -0.2) is 31.0 Å². The van der Waals surface area contributed by atoms with Crippen LogP contribution in [0.25, 0.3) is 0 Å². The molecule has 126 valence electrons. The van der Waals surface area contributed by atoms with E-state index in [0.29, 0.717) is 0 Å². The van der Waals surface area contributed by atoms with Crippen LogP contribution in [0.5, 0.6) is 0 Å². The Bertz CT molecular complexity index is 824. The van der Waals surface area contributed by atoms with Crippen molar-refractivity contribution in [1.29, 1.82) is 0 Å². The van der Waals surface area contributed by atoms with Crippen molar-refractivity contribution >= 4 is 21.7 Å². The molecule has 9 heteroatoms. The van der Waals surface area contributed by atoms with Crippen LogP contribution in [0.2, 0.25) is 0 Å². The molecular formula is C15H14FN3O4S. The fraction of sp³-hybridized carbons (Fsp3) is 0.133. The van der Waals surface area contributed by atoms with Crippen molar-refractivity contribution in [2.45, 2.75) is 11.3 Å². The van der Waals surface area contributed by atoms with Gasteiger partial charge in [-0.15, -0.1) is 0 Å². The minimum Gasteiger partial charge on any atom is -0.273 e. The van der Waals surface area contributed by atoms with Gasteiger partial charge in [0.15, 0.2) is 9.84 Å². The van der Waals surface area contributed by atoms with Gasteiger partial charge < -0.3 is 0 Å². The monoisotopic (exact) mass is 351 g/mol. The Morgan fingerprint density at radius 3 is 2.38 bits per heavy atom. The van der Waals surface area contributed by atoms with E-state index in [0.717, 1.165) is 24.3 Å². The molecule has 0 radical (unpaired) electrons. The topological polar surface area (TPSA) is 105 Å². The third kappa shape index (κ3) is 4.85. The second-order valence-electron chi connectivity index (χ2n) is 4.74. The third-order valence-corrected chi connectivity index (χ3v) is 4.72. The van der Waals surface area contributed by atoms with E-state index in [-0.39, 0.29) is 17.0 Å². The molecule has 0 aliphatic heterocycles. The van der Waals surface area contributed by atoms with Gasteiger partial charge >= 0.3 is 0 Å². The zero-order chi connectivity index (χ0) is 17.6. The highest BCUT2D eigenvalue weighted by Crippen LogP contribution is 2.12. The number of aromatic nitrogens is 1. The van der Waals surface area contributed by atoms with E-state index < -0.39 is 33.2 Å². The van der Waals surface area contributed by atoms with Crippen molar-refractivity contribution in [2.24, 2.45) is 0 Å². The van der Waals surface area contributed by atoms with Gasteiger partial charge in [0.1, 0.15) is 11.5 Å². The predicted molar refractivity (Wildman–Crippen MR) is 82.9 cm³/mol. The number of hydrazine groups is 1. The van der Waals surface area contributed by atoms with Crippen LogP contribution in [0.4, 0.5) is 4.39 Å². The van der Waals surface area contributed by atoms with Gasteiger partial charge in [-0.3, -0.25) is 25.4 Å². The normalized spacial score (nSPS) is 10.9. The standard InChI is InChI=1S/C15H14FN3O4S/c16-11-4-6-12(7-5-11)24(22,23)10-8-14(20)18-19-15(21)13-3-1-2-9-17-13/h1-7,9H,8,10H2,(H,18,20)(H,19,21). The molecule has 2 aromatic rings. The number of hydrogen-bond acceptors (Lipinski definition) is 5. The summed E-state index contributed by atoms with van der Waals surface area (Å²) >= 11 is 0. The lowest BCUT2D eigenvalue weighted by Gasteiger charge is -2.07. The van der Waals surface area contributed by atoms with Crippen LogP contribution in [0.3, 0.4) is 0 Å². The van der Waals surface area contributed by atoms with Crippen molar-refractivity contribution in [2.75, 3.05) is 5.75 Å². The molecule has 1 aromatic heterocycles. The lowest BCUT2D eigenvalue weighted by atomic mass is 10.3. The Labute approximate surface area is 137 Å². The SMILES string of the molecule is O=C(CCS(=O)(=O)c1ccc(F)cc1)NNC(=O)c1ccccn1. The number of rotatable bonds is 5. The number of carbonyl (C=O) groups is 2. The highest BCUT2D eigenvalue weighted by molar-refractivity contribution is 7.91. The molecule has 0 spiro atoms. The molecule has 0 saturated carbocycles. The lowest BCUT2D eigenvalue weighted by Crippen LogP contribution is -2.42. The van der Waals surface area contributed by atoms with Crippen LogP contribution in [0.1, 0.15) is 16.9 Å². The number of nitrogens with zero attached hydrogens (tertiary/aromatic N) is 1. The highest BCUT2D eigenvalue weighted by atomic mass is 32.2. The van der Waals surface area contributed by atoms with Gasteiger partial charge in [-0.1, -0.05) is 6.07 Å². The van der Waals surface area contributed by atoms with Crippen molar-refractivity contribution in [1.82, 2.24) is 15.8 Å². The summed E-state index contributed by atoms with van der Waals surface area (Å²) < 4.78 is 36.8. The van der Waals surface area contributed by atoms with E-state index in [1.165, 1.54) is 12.3 Å². The summed E-state index contributed by atoms with van der Waals surface area (Å²) in [6, 6.07) is 9.02. The van der Waals surface area contributed by atoms with E-state index in [9.17, 15) is 22.4 Å². The summed E-state index contributed by atoms with van der Waals surface area (Å²) in [4.78, 5) is 27.0. The first-order valence-corrected chi connectivity index (χ1v) is 8.52. The molecule has 0 fully saturated rings. The average molecular weight is 351 g/mol. The van der Waals surface area contributed by atoms with Gasteiger partial charge in [0.2, 0.25) is 5.91 Å². The van der Waals surface area contributed by atoms with Gasteiger partial charge in [-0.2, -0.15) is 0 Å². The molecule has 7 nitrogen and oxygen atoms in total. The lowest BCUT2D eigenvalue weighted by molar-refractivity contribution is -0.121. The number of amides is 2. The van der Waals surface area contributed by atoms with Gasteiger partial charge in [0.05, 0.1) is 10.6 Å². The van der Waals surface area contributed by atoms with Crippen LogP contribution < -0.4 is 10.9 Å². The van der Waals surface area contributed by atoms with Crippen molar-refractivity contribution in [3.8, 4) is 0 Å². The van der Waals surface area contributed by atoms with E-state index >= 15 is 0 Å². The van der Waals surface area contributed by atoms with Gasteiger partial charge in [0, 0.05) is 12.6 Å². The Balaban J connectivity index is 1.84. The molecule has 24 heavy (non-hydrogen) atoms. The largest absolute Gasteiger partial charge is 0.288 e. The number of nitrogens with one attached hydrogen (secondary N) is 2. The van der Waals surface area contributed by atoms with Gasteiger partial charge in [-0.05, 0) is 36.4 Å². The molecule has 2 N–H and O–H groups in total. The average Bonchev–Trinajstić information content (AvgIpc) is 2.59. The van der Waals surface area contributed by atoms with Crippen LogP contribution in [-0.2, 0) is 14.6 Å². The molecule has 0 unspecified atom stereocenters. The Morgan fingerprint density at radius 1 is 1.04 bits per heavy atom. The molecule has 1 aromatic carbocycles. The van der Waals surface area contributed by atoms with Crippen LogP contribution in [0, 0.1) is 5.82 Å². The first-order chi connectivity index (χ1) is 11.4. The summed E-state index contributed by atoms with van der Waals surface area (Å²) in [6.07, 6.45) is 1.06. The summed E-state index contributed by atoms with van der Waals surface area (Å²) in [6.45, 7) is 0. The second-order valence-corrected chi connectivity index (χ2v) is 6.85. The minimum atomic E-state index is -3.72. The van der Waals surface area contributed by atoms with Crippen molar-refractivity contribution < 1.29 is 22.4 Å². The summed E-state index contributed by atoms with van der Waals surface area (Å²) in [5.74, 6) is -2.32. The fourth-order valence-electron chi connectivity index (χ4n) is 1.74. The van der Waals surface area contributed by atoms with Gasteiger partial charge in [0.25, 0.3) is 5.91 Å². The maximum atomic E-state index is 12.8. The zero-order valence-electron chi connectivity index (χ0n) is 12.4. The molecule has 0 bridgehead atoms. The minimum absolute atomic E-state index is 0.0748. The maximum Gasteiger partial charge on any atom is 0.288 e. The molecule has 2 amide bonds. The van der Waals surface area contributed by atoms with E-state index in [1.807, 2.05) is 0 Å². The summed E-state index contributed by atoms with van der Waals surface area (Å²) in [5, 5.41) is 0. The molecule has 2 rings (SSSR count). The van der Waals surface area contributed by atoms with E-state index in [2.05, 4.69) is 15.8 Å². The smallest absolute Gasteiger partial charge is 0.273 e. The van der Waals surface area contributed by atoms with Crippen molar-refractivity contribution in [3.63, 3.8) is 0 Å². The zero-order valence-corrected chi connectivity index (χ0v) is 13.2. The van der Waals surface area contributed by atoms with Gasteiger partial charge in [-0.25, -0.2) is 12.8 Å². The predicted octanol–water partition coefficient (Wildman–Crippen LogP) is 0.846. The van der Waals surface area contributed by atoms with E-state index in [1.54, 1.807) is 12.1 Å². The summed E-state index contributed by atoms with van der Waals surface area (Å²) in [5.41, 5.74) is 4.36. The Hall–Kier alpha value is -2.81. The number of benzene rings is 1. The molecule has 0 aliphatic rings. The highest BCUT2D eigenvalue weighted by Gasteiger charge is 2.17. The number of carbonyl (C=O) groups excluding carboxylic acids is 2. The fourth-order valence-corrected chi connectivity index (χ4v) is 2.98. The Kier molecular flexibility index (Phi) is 5.59. The maximum absolute atomic E-state index is 12.8. The summed E-state index contributed by atoms with van der Waals surface area (Å²) in [7, 11) is -3.72. The Morgan fingerprint density at radius 2 is 1.75 bits per heavy atom. The molecule has 0 atom stereocenters. The second kappa shape index (κ2) is 7.64. The first kappa shape index (κ1) is 17.5. The third-order valence-electron chi connectivity index (χ3n) is 2.98.